The molecule has 0 unspecified atom stereocenters. The van der Waals surface area contributed by atoms with Gasteiger partial charge in [-0.1, -0.05) is 47.6 Å². The Morgan fingerprint density at radius 3 is 2.77 bits per heavy atom. The summed E-state index contributed by atoms with van der Waals surface area (Å²) in [4.78, 5) is 18.9. The van der Waals surface area contributed by atoms with E-state index in [2.05, 4.69) is 16.2 Å². The summed E-state index contributed by atoms with van der Waals surface area (Å²) >= 11 is 0. The summed E-state index contributed by atoms with van der Waals surface area (Å²) in [5, 5.41) is 4.88. The van der Waals surface area contributed by atoms with Crippen LogP contribution in [0.25, 0.3) is 22.2 Å². The maximum absolute atomic E-state index is 12.9. The molecule has 4 rings (SSSR count). The third-order valence-electron chi connectivity index (χ3n) is 4.27. The fourth-order valence-corrected chi connectivity index (χ4v) is 2.96. The van der Waals surface area contributed by atoms with Crippen LogP contribution in [-0.4, -0.2) is 28.0 Å². The lowest BCUT2D eigenvalue weighted by molar-refractivity contribution is 0.0785. The number of amides is 1. The van der Waals surface area contributed by atoms with Crippen LogP contribution in [0.1, 0.15) is 15.9 Å². The first-order valence-electron chi connectivity index (χ1n) is 8.31. The van der Waals surface area contributed by atoms with Gasteiger partial charge in [-0.05, 0) is 23.8 Å². The van der Waals surface area contributed by atoms with Gasteiger partial charge in [-0.3, -0.25) is 9.78 Å². The van der Waals surface area contributed by atoms with Crippen LogP contribution >= 0.6 is 0 Å². The number of carbonyl (C=O) groups excluding carboxylic acids is 1. The van der Waals surface area contributed by atoms with E-state index in [0.29, 0.717) is 17.9 Å². The van der Waals surface area contributed by atoms with Crippen molar-refractivity contribution in [1.82, 2.24) is 15.0 Å². The quantitative estimate of drug-likeness (QED) is 0.558. The number of hydrogen-bond donors (Lipinski definition) is 0. The number of hydrogen-bond acceptors (Lipinski definition) is 4. The fourth-order valence-electron chi connectivity index (χ4n) is 2.96. The molecule has 0 atom stereocenters. The molecule has 0 N–H and O–H groups in total. The average Bonchev–Trinajstić information content (AvgIpc) is 3.17. The van der Waals surface area contributed by atoms with Gasteiger partial charge in [0.05, 0.1) is 11.7 Å². The van der Waals surface area contributed by atoms with Gasteiger partial charge in [-0.15, -0.1) is 0 Å². The maximum atomic E-state index is 12.9. The highest BCUT2D eigenvalue weighted by molar-refractivity contribution is 5.99. The zero-order valence-electron chi connectivity index (χ0n) is 14.3. The van der Waals surface area contributed by atoms with E-state index in [4.69, 9.17) is 4.52 Å². The van der Waals surface area contributed by atoms with Crippen molar-refractivity contribution in [1.29, 1.82) is 0 Å². The smallest absolute Gasteiger partial charge is 0.259 e. The first-order chi connectivity index (χ1) is 12.7. The van der Waals surface area contributed by atoms with Gasteiger partial charge in [0.25, 0.3) is 5.91 Å². The third kappa shape index (κ3) is 3.07. The highest BCUT2D eigenvalue weighted by atomic mass is 16.5. The largest absolute Gasteiger partial charge is 0.355 e. The van der Waals surface area contributed by atoms with Crippen LogP contribution in [0.5, 0.6) is 0 Å². The van der Waals surface area contributed by atoms with E-state index in [1.165, 1.54) is 6.20 Å². The monoisotopic (exact) mass is 343 g/mol. The van der Waals surface area contributed by atoms with Crippen LogP contribution in [0.3, 0.4) is 0 Å². The van der Waals surface area contributed by atoms with E-state index in [-0.39, 0.29) is 5.91 Å². The minimum atomic E-state index is -0.128. The predicted molar refractivity (Wildman–Crippen MR) is 99.5 cm³/mol. The SMILES string of the molecule is CN(Cc1ccc2ncccc2c1)C(=O)c1cnoc1-c1ccccc1. The second-order valence-corrected chi connectivity index (χ2v) is 6.13. The number of fused-ring (bicyclic) bond motifs is 1. The Balaban J connectivity index is 1.58. The second kappa shape index (κ2) is 6.80. The molecule has 0 aliphatic heterocycles. The topological polar surface area (TPSA) is 59.2 Å². The van der Waals surface area contributed by atoms with Gasteiger partial charge < -0.3 is 9.42 Å². The van der Waals surface area contributed by atoms with Crippen LogP contribution in [0, 0.1) is 0 Å². The molecule has 0 bridgehead atoms. The summed E-state index contributed by atoms with van der Waals surface area (Å²) in [5.41, 5.74) is 3.27. The molecule has 0 saturated heterocycles. The Morgan fingerprint density at radius 1 is 1.08 bits per heavy atom. The van der Waals surface area contributed by atoms with Gasteiger partial charge in [0.15, 0.2) is 5.76 Å². The van der Waals surface area contributed by atoms with E-state index in [1.807, 2.05) is 54.6 Å². The average molecular weight is 343 g/mol. The lowest BCUT2D eigenvalue weighted by atomic mass is 10.1. The van der Waals surface area contributed by atoms with Crippen LogP contribution in [-0.2, 0) is 6.54 Å². The highest BCUT2D eigenvalue weighted by Crippen LogP contribution is 2.24. The maximum Gasteiger partial charge on any atom is 0.259 e. The summed E-state index contributed by atoms with van der Waals surface area (Å²) in [6.45, 7) is 0.489. The lowest BCUT2D eigenvalue weighted by Crippen LogP contribution is -2.26. The van der Waals surface area contributed by atoms with Crippen LogP contribution in [0.2, 0.25) is 0 Å². The molecule has 5 nitrogen and oxygen atoms in total. The van der Waals surface area contributed by atoms with Crippen molar-refractivity contribution >= 4 is 16.8 Å². The molecule has 2 heterocycles. The fraction of sp³-hybridized carbons (Fsp3) is 0.0952. The first kappa shape index (κ1) is 16.0. The second-order valence-electron chi connectivity index (χ2n) is 6.13. The van der Waals surface area contributed by atoms with Crippen molar-refractivity contribution in [2.75, 3.05) is 7.05 Å². The molecule has 5 heteroatoms. The number of benzene rings is 2. The molecule has 128 valence electrons. The Labute approximate surface area is 150 Å². The molecule has 0 spiro atoms. The van der Waals surface area contributed by atoms with E-state index < -0.39 is 0 Å². The van der Waals surface area contributed by atoms with Crippen LogP contribution < -0.4 is 0 Å². The van der Waals surface area contributed by atoms with Crippen molar-refractivity contribution in [3.63, 3.8) is 0 Å². The minimum absolute atomic E-state index is 0.128. The van der Waals surface area contributed by atoms with Gasteiger partial charge in [-0.25, -0.2) is 0 Å². The minimum Gasteiger partial charge on any atom is -0.355 e. The summed E-state index contributed by atoms with van der Waals surface area (Å²) in [7, 11) is 1.78. The van der Waals surface area contributed by atoms with Crippen molar-refractivity contribution in [3.05, 3.63) is 84.2 Å². The Bertz CT molecular complexity index is 1060. The summed E-state index contributed by atoms with van der Waals surface area (Å²) in [6, 6.07) is 19.5. The van der Waals surface area contributed by atoms with Crippen LogP contribution in [0.4, 0.5) is 0 Å². The van der Waals surface area contributed by atoms with E-state index in [1.54, 1.807) is 18.1 Å². The molecule has 0 fully saturated rings. The summed E-state index contributed by atoms with van der Waals surface area (Å²) in [5.74, 6) is 0.363. The van der Waals surface area contributed by atoms with Crippen molar-refractivity contribution in [2.24, 2.45) is 0 Å². The molecule has 1 amide bonds. The predicted octanol–water partition coefficient (Wildman–Crippen LogP) is 4.16. The molecule has 0 saturated carbocycles. The van der Waals surface area contributed by atoms with E-state index in [9.17, 15) is 4.79 Å². The van der Waals surface area contributed by atoms with Gasteiger partial charge in [-0.2, -0.15) is 0 Å². The normalized spacial score (nSPS) is 10.8. The zero-order chi connectivity index (χ0) is 17.9. The van der Waals surface area contributed by atoms with Crippen molar-refractivity contribution in [3.8, 4) is 11.3 Å². The molecular formula is C21H17N3O2. The van der Waals surface area contributed by atoms with Gasteiger partial charge in [0.1, 0.15) is 5.56 Å². The zero-order valence-corrected chi connectivity index (χ0v) is 14.3. The standard InChI is InChI=1S/C21H17N3O2/c1-24(14-15-9-10-19-17(12-15)8-5-11-22-19)21(25)18-13-23-26-20(18)16-6-3-2-4-7-16/h2-13H,14H2,1H3. The number of aromatic nitrogens is 2. The molecule has 2 aromatic carbocycles. The molecule has 0 aliphatic carbocycles. The Hall–Kier alpha value is -3.47. The Morgan fingerprint density at radius 2 is 1.92 bits per heavy atom. The third-order valence-corrected chi connectivity index (χ3v) is 4.27. The molecular weight excluding hydrogens is 326 g/mol. The molecule has 0 aliphatic rings. The molecule has 4 aromatic rings. The molecule has 0 radical (unpaired) electrons. The van der Waals surface area contributed by atoms with Crippen molar-refractivity contribution in [2.45, 2.75) is 6.54 Å². The van der Waals surface area contributed by atoms with Gasteiger partial charge in [0.2, 0.25) is 0 Å². The van der Waals surface area contributed by atoms with E-state index >= 15 is 0 Å². The highest BCUT2D eigenvalue weighted by Gasteiger charge is 2.21. The number of pyridine rings is 1. The first-order valence-corrected chi connectivity index (χ1v) is 8.31. The Kier molecular flexibility index (Phi) is 4.19. The molecule has 26 heavy (non-hydrogen) atoms. The number of carbonyl (C=O) groups is 1. The summed E-state index contributed by atoms with van der Waals surface area (Å²) < 4.78 is 5.32. The van der Waals surface area contributed by atoms with Crippen LogP contribution in [0.15, 0.2) is 77.6 Å². The lowest BCUT2D eigenvalue weighted by Gasteiger charge is -2.17. The number of rotatable bonds is 4. The molecule has 2 aromatic heterocycles. The number of nitrogens with zero attached hydrogens (tertiary/aromatic N) is 3. The summed E-state index contributed by atoms with van der Waals surface area (Å²) in [6.07, 6.45) is 3.25. The van der Waals surface area contributed by atoms with Gasteiger partial charge >= 0.3 is 0 Å². The van der Waals surface area contributed by atoms with Gasteiger partial charge in [0, 0.05) is 30.7 Å². The van der Waals surface area contributed by atoms with Crippen molar-refractivity contribution < 1.29 is 9.32 Å². The van der Waals surface area contributed by atoms with E-state index in [0.717, 1.165) is 22.0 Å².